The summed E-state index contributed by atoms with van der Waals surface area (Å²) in [6, 6.07) is 4.92. The number of hydrogen-bond acceptors (Lipinski definition) is 4. The van der Waals surface area contributed by atoms with Gasteiger partial charge < -0.3 is 5.11 Å². The summed E-state index contributed by atoms with van der Waals surface area (Å²) in [7, 11) is -3.43. The highest BCUT2D eigenvalue weighted by Crippen LogP contribution is 2.43. The molecule has 2 aliphatic heterocycles. The summed E-state index contributed by atoms with van der Waals surface area (Å²) in [6.07, 6.45) is 3.88. The molecule has 0 aromatic carbocycles. The molecule has 2 saturated heterocycles. The summed E-state index contributed by atoms with van der Waals surface area (Å²) in [5, 5.41) is 9.20. The predicted octanol–water partition coefficient (Wildman–Crippen LogP) is 0.891. The zero-order chi connectivity index (χ0) is 15.0. The molecule has 1 N–H and O–H groups in total. The molecule has 0 amide bonds. The average Bonchev–Trinajstić information content (AvgIpc) is 3.05. The second-order valence-corrected chi connectivity index (χ2v) is 7.69. The molecular formula is C14H18N2O4S. The Bertz CT molecular complexity index is 632. The third-order valence-electron chi connectivity index (χ3n) is 4.45. The number of aryl methyl sites for hydroxylation is 1. The Morgan fingerprint density at radius 3 is 2.81 bits per heavy atom. The molecule has 2 aliphatic rings. The molecule has 21 heavy (non-hydrogen) atoms. The fraction of sp³-hybridized carbons (Fsp3) is 0.571. The van der Waals surface area contributed by atoms with E-state index in [4.69, 9.17) is 0 Å². The Balaban J connectivity index is 1.72. The van der Waals surface area contributed by atoms with Crippen LogP contribution in [0.25, 0.3) is 0 Å². The van der Waals surface area contributed by atoms with Crippen LogP contribution in [-0.2, 0) is 21.2 Å². The van der Waals surface area contributed by atoms with Gasteiger partial charge in [0.1, 0.15) is 0 Å². The third kappa shape index (κ3) is 2.67. The minimum absolute atomic E-state index is 0.0106. The maximum atomic E-state index is 12.5. The van der Waals surface area contributed by atoms with E-state index >= 15 is 0 Å². The van der Waals surface area contributed by atoms with Crippen molar-refractivity contribution in [3.05, 3.63) is 30.1 Å². The van der Waals surface area contributed by atoms with Gasteiger partial charge in [0, 0.05) is 30.4 Å². The molecular weight excluding hydrogens is 292 g/mol. The highest BCUT2D eigenvalue weighted by atomic mass is 32.2. The van der Waals surface area contributed by atoms with Crippen LogP contribution in [0, 0.1) is 5.92 Å². The Labute approximate surface area is 123 Å². The monoisotopic (exact) mass is 310 g/mol. The van der Waals surface area contributed by atoms with Crippen molar-refractivity contribution in [1.82, 2.24) is 9.29 Å². The summed E-state index contributed by atoms with van der Waals surface area (Å²) >= 11 is 0. The van der Waals surface area contributed by atoms with Gasteiger partial charge in [0.15, 0.2) is 0 Å². The number of carboxylic acids is 1. The Kier molecular flexibility index (Phi) is 3.71. The lowest BCUT2D eigenvalue weighted by Gasteiger charge is -2.22. The zero-order valence-corrected chi connectivity index (χ0v) is 12.4. The molecule has 2 fully saturated rings. The first-order chi connectivity index (χ1) is 9.99. The molecule has 2 bridgehead atoms. The highest BCUT2D eigenvalue weighted by molar-refractivity contribution is 7.89. The summed E-state index contributed by atoms with van der Waals surface area (Å²) in [6.45, 7) is 0. The predicted molar refractivity (Wildman–Crippen MR) is 76.1 cm³/mol. The average molecular weight is 310 g/mol. The second-order valence-electron chi connectivity index (χ2n) is 5.70. The number of sulfonamides is 1. The van der Waals surface area contributed by atoms with Crippen LogP contribution < -0.4 is 0 Å². The summed E-state index contributed by atoms with van der Waals surface area (Å²) in [5.41, 5.74) is 0.738. The van der Waals surface area contributed by atoms with Crippen LogP contribution >= 0.6 is 0 Å². The minimum Gasteiger partial charge on any atom is -0.481 e. The molecule has 3 unspecified atom stereocenters. The van der Waals surface area contributed by atoms with Crippen LogP contribution in [0.3, 0.4) is 0 Å². The molecule has 7 heteroatoms. The van der Waals surface area contributed by atoms with Gasteiger partial charge in [0.25, 0.3) is 0 Å². The molecule has 0 spiro atoms. The molecule has 1 aromatic heterocycles. The lowest BCUT2D eigenvalue weighted by atomic mass is 9.89. The van der Waals surface area contributed by atoms with E-state index in [1.165, 1.54) is 4.31 Å². The van der Waals surface area contributed by atoms with E-state index < -0.39 is 21.9 Å². The van der Waals surface area contributed by atoms with E-state index in [1.807, 2.05) is 6.07 Å². The quantitative estimate of drug-likeness (QED) is 0.872. The number of fused-ring (bicyclic) bond motifs is 2. The van der Waals surface area contributed by atoms with Crippen LogP contribution in [0.15, 0.2) is 24.4 Å². The van der Waals surface area contributed by atoms with Gasteiger partial charge in [0.2, 0.25) is 10.0 Å². The first-order valence-electron chi connectivity index (χ1n) is 7.13. The van der Waals surface area contributed by atoms with Gasteiger partial charge in [-0.15, -0.1) is 0 Å². The maximum Gasteiger partial charge on any atom is 0.308 e. The van der Waals surface area contributed by atoms with E-state index in [1.54, 1.807) is 18.3 Å². The smallest absolute Gasteiger partial charge is 0.308 e. The number of aliphatic carboxylic acids is 1. The second kappa shape index (κ2) is 5.38. The van der Waals surface area contributed by atoms with Gasteiger partial charge in [-0.05, 0) is 31.4 Å². The van der Waals surface area contributed by atoms with E-state index in [0.29, 0.717) is 19.3 Å². The summed E-state index contributed by atoms with van der Waals surface area (Å²) < 4.78 is 26.5. The maximum absolute atomic E-state index is 12.5. The molecule has 0 radical (unpaired) electrons. The van der Waals surface area contributed by atoms with E-state index in [0.717, 1.165) is 12.1 Å². The number of hydrogen-bond donors (Lipinski definition) is 1. The van der Waals surface area contributed by atoms with Gasteiger partial charge in [-0.1, -0.05) is 6.07 Å². The number of pyridine rings is 1. The Morgan fingerprint density at radius 1 is 1.38 bits per heavy atom. The lowest BCUT2D eigenvalue weighted by molar-refractivity contribution is -0.142. The fourth-order valence-corrected chi connectivity index (χ4v) is 5.51. The summed E-state index contributed by atoms with van der Waals surface area (Å²) in [5.74, 6) is -1.44. The molecule has 6 nitrogen and oxygen atoms in total. The van der Waals surface area contributed by atoms with Crippen molar-refractivity contribution in [3.63, 3.8) is 0 Å². The lowest BCUT2D eigenvalue weighted by Crippen LogP contribution is -2.39. The van der Waals surface area contributed by atoms with Crippen LogP contribution in [0.1, 0.15) is 25.0 Å². The molecule has 114 valence electrons. The van der Waals surface area contributed by atoms with Gasteiger partial charge >= 0.3 is 5.97 Å². The van der Waals surface area contributed by atoms with Crippen molar-refractivity contribution in [2.45, 2.75) is 37.8 Å². The van der Waals surface area contributed by atoms with Crippen molar-refractivity contribution < 1.29 is 18.3 Å². The normalized spacial score (nSPS) is 28.9. The fourth-order valence-electron chi connectivity index (χ4n) is 3.52. The van der Waals surface area contributed by atoms with Crippen molar-refractivity contribution in [2.75, 3.05) is 5.75 Å². The molecule has 1 aromatic rings. The SMILES string of the molecule is O=C(O)C1CC2CCC1N2S(=O)(=O)CCc1ccccn1. The van der Waals surface area contributed by atoms with Crippen LogP contribution in [0.4, 0.5) is 0 Å². The molecule has 3 atom stereocenters. The molecule has 3 heterocycles. The number of rotatable bonds is 5. The highest BCUT2D eigenvalue weighted by Gasteiger charge is 2.53. The van der Waals surface area contributed by atoms with Crippen molar-refractivity contribution in [2.24, 2.45) is 5.92 Å². The van der Waals surface area contributed by atoms with Gasteiger partial charge in [-0.25, -0.2) is 8.42 Å². The molecule has 3 rings (SSSR count). The topological polar surface area (TPSA) is 87.6 Å². The van der Waals surface area contributed by atoms with Gasteiger partial charge in [-0.3, -0.25) is 9.78 Å². The van der Waals surface area contributed by atoms with E-state index in [9.17, 15) is 18.3 Å². The van der Waals surface area contributed by atoms with Crippen molar-refractivity contribution in [3.8, 4) is 0 Å². The first kappa shape index (κ1) is 14.5. The largest absolute Gasteiger partial charge is 0.481 e. The van der Waals surface area contributed by atoms with E-state index in [-0.39, 0.29) is 17.8 Å². The van der Waals surface area contributed by atoms with Crippen LogP contribution in [-0.4, -0.2) is 46.6 Å². The van der Waals surface area contributed by atoms with Gasteiger partial charge in [0.05, 0.1) is 11.7 Å². The number of aromatic nitrogens is 1. The minimum atomic E-state index is -3.43. The number of carbonyl (C=O) groups is 1. The Morgan fingerprint density at radius 2 is 2.19 bits per heavy atom. The summed E-state index contributed by atoms with van der Waals surface area (Å²) in [4.78, 5) is 15.3. The third-order valence-corrected chi connectivity index (χ3v) is 6.38. The van der Waals surface area contributed by atoms with E-state index in [2.05, 4.69) is 4.98 Å². The molecule has 0 aliphatic carbocycles. The molecule has 0 saturated carbocycles. The standard InChI is InChI=1S/C14H18N2O4S/c17-14(18)12-9-11-4-5-13(12)16(11)21(19,20)8-6-10-3-1-2-7-15-10/h1-3,7,11-13H,4-6,8-9H2,(H,17,18). The van der Waals surface area contributed by atoms with Crippen molar-refractivity contribution in [1.29, 1.82) is 0 Å². The van der Waals surface area contributed by atoms with Crippen molar-refractivity contribution >= 4 is 16.0 Å². The number of nitrogens with zero attached hydrogens (tertiary/aromatic N) is 2. The number of carboxylic acid groups (broad SMARTS) is 1. The van der Waals surface area contributed by atoms with Crippen LogP contribution in [0.5, 0.6) is 0 Å². The zero-order valence-electron chi connectivity index (χ0n) is 11.6. The first-order valence-corrected chi connectivity index (χ1v) is 8.74. The Hall–Kier alpha value is -1.47. The van der Waals surface area contributed by atoms with Crippen LogP contribution in [0.2, 0.25) is 0 Å². The van der Waals surface area contributed by atoms with Gasteiger partial charge in [-0.2, -0.15) is 4.31 Å².